The Morgan fingerprint density at radius 1 is 1.33 bits per heavy atom. The third kappa shape index (κ3) is 5.82. The van der Waals surface area contributed by atoms with Crippen LogP contribution in [0.1, 0.15) is 5.56 Å². The third-order valence-corrected chi connectivity index (χ3v) is 6.17. The Labute approximate surface area is 147 Å². The molecular formula is C13H15FN4O3S3. The Morgan fingerprint density at radius 3 is 2.62 bits per heavy atom. The molecule has 1 amide bonds. The van der Waals surface area contributed by atoms with E-state index in [0.29, 0.717) is 15.2 Å². The number of nitrogens with zero attached hydrogens (tertiary/aromatic N) is 3. The predicted octanol–water partition coefficient (Wildman–Crippen LogP) is 1.80. The Kier molecular flexibility index (Phi) is 6.27. The van der Waals surface area contributed by atoms with Gasteiger partial charge in [0.25, 0.3) is 0 Å². The molecule has 1 N–H and O–H groups in total. The van der Waals surface area contributed by atoms with Crippen LogP contribution < -0.4 is 5.32 Å². The molecule has 0 saturated carbocycles. The van der Waals surface area contributed by atoms with Crippen molar-refractivity contribution in [2.75, 3.05) is 25.2 Å². The molecule has 0 spiro atoms. The summed E-state index contributed by atoms with van der Waals surface area (Å²) in [6.07, 6.45) is 1.02. The first-order chi connectivity index (χ1) is 11.2. The van der Waals surface area contributed by atoms with Crippen molar-refractivity contribution in [3.8, 4) is 0 Å². The number of sulfonamides is 1. The molecule has 24 heavy (non-hydrogen) atoms. The molecule has 0 atom stereocenters. The van der Waals surface area contributed by atoms with Crippen LogP contribution in [0.4, 0.5) is 9.52 Å². The van der Waals surface area contributed by atoms with Crippen molar-refractivity contribution in [1.29, 1.82) is 0 Å². The molecule has 2 rings (SSSR count). The van der Waals surface area contributed by atoms with E-state index in [4.69, 9.17) is 0 Å². The van der Waals surface area contributed by atoms with Gasteiger partial charge in [-0.25, -0.2) is 12.8 Å². The molecule has 0 bridgehead atoms. The van der Waals surface area contributed by atoms with Gasteiger partial charge in [0.15, 0.2) is 4.34 Å². The van der Waals surface area contributed by atoms with E-state index in [2.05, 4.69) is 15.5 Å². The molecule has 1 heterocycles. The van der Waals surface area contributed by atoms with Gasteiger partial charge in [0.2, 0.25) is 21.1 Å². The molecule has 0 saturated heterocycles. The molecule has 0 aliphatic rings. The summed E-state index contributed by atoms with van der Waals surface area (Å²) in [5, 5.41) is 10.6. The monoisotopic (exact) mass is 390 g/mol. The number of nitrogens with one attached hydrogen (secondary N) is 1. The molecule has 0 unspecified atom stereocenters. The van der Waals surface area contributed by atoms with E-state index >= 15 is 0 Å². The Balaban J connectivity index is 1.86. The summed E-state index contributed by atoms with van der Waals surface area (Å²) in [6, 6.07) is 6.15. The van der Waals surface area contributed by atoms with Crippen molar-refractivity contribution in [1.82, 2.24) is 14.5 Å². The van der Waals surface area contributed by atoms with Crippen LogP contribution in [0.2, 0.25) is 0 Å². The SMILES string of the molecule is CN(CC(=O)Nc1nnc(SCc2ccc(F)cc2)s1)S(C)(=O)=O. The lowest BCUT2D eigenvalue weighted by Crippen LogP contribution is -2.34. The number of carbonyl (C=O) groups is 1. The smallest absolute Gasteiger partial charge is 0.241 e. The van der Waals surface area contributed by atoms with Gasteiger partial charge in [-0.15, -0.1) is 10.2 Å². The maximum Gasteiger partial charge on any atom is 0.241 e. The summed E-state index contributed by atoms with van der Waals surface area (Å²) in [4.78, 5) is 11.8. The molecule has 1 aromatic carbocycles. The van der Waals surface area contributed by atoms with Crippen molar-refractivity contribution in [3.63, 3.8) is 0 Å². The fourth-order valence-corrected chi connectivity index (χ4v) is 3.60. The largest absolute Gasteiger partial charge is 0.299 e. The highest BCUT2D eigenvalue weighted by molar-refractivity contribution is 8.00. The highest BCUT2D eigenvalue weighted by Crippen LogP contribution is 2.28. The average Bonchev–Trinajstić information content (AvgIpc) is 2.93. The van der Waals surface area contributed by atoms with Crippen molar-refractivity contribution in [2.45, 2.75) is 10.1 Å². The third-order valence-electron chi connectivity index (χ3n) is 2.86. The summed E-state index contributed by atoms with van der Waals surface area (Å²) in [6.45, 7) is -0.295. The first-order valence-electron chi connectivity index (χ1n) is 6.66. The predicted molar refractivity (Wildman–Crippen MR) is 92.0 cm³/mol. The molecule has 1 aromatic heterocycles. The molecule has 0 aliphatic carbocycles. The lowest BCUT2D eigenvalue weighted by atomic mass is 10.2. The van der Waals surface area contributed by atoms with Gasteiger partial charge in [-0.3, -0.25) is 10.1 Å². The Bertz CT molecular complexity index is 808. The minimum atomic E-state index is -3.42. The molecule has 7 nitrogen and oxygen atoms in total. The normalized spacial score (nSPS) is 11.7. The number of carbonyl (C=O) groups excluding carboxylic acids is 1. The number of benzene rings is 1. The summed E-state index contributed by atoms with van der Waals surface area (Å²) in [7, 11) is -2.10. The van der Waals surface area contributed by atoms with E-state index in [9.17, 15) is 17.6 Å². The number of halogens is 1. The summed E-state index contributed by atoms with van der Waals surface area (Å²) < 4.78 is 36.9. The zero-order valence-corrected chi connectivity index (χ0v) is 15.3. The lowest BCUT2D eigenvalue weighted by Gasteiger charge is -2.12. The second-order valence-electron chi connectivity index (χ2n) is 4.86. The summed E-state index contributed by atoms with van der Waals surface area (Å²) in [5.74, 6) is -0.183. The standard InChI is InChI=1S/C13H15FN4O3S3/c1-18(24(2,20)21)7-11(19)15-12-16-17-13(23-12)22-8-9-3-5-10(14)6-4-9/h3-6H,7-8H2,1-2H3,(H,15,16,19). The van der Waals surface area contributed by atoms with E-state index < -0.39 is 15.9 Å². The van der Waals surface area contributed by atoms with Gasteiger partial charge in [0, 0.05) is 12.8 Å². The maximum atomic E-state index is 12.8. The van der Waals surface area contributed by atoms with Crippen LogP contribution in [-0.2, 0) is 20.6 Å². The van der Waals surface area contributed by atoms with Crippen LogP contribution in [0.15, 0.2) is 28.6 Å². The van der Waals surface area contributed by atoms with E-state index in [1.807, 2.05) is 0 Å². The molecule has 11 heteroatoms. The van der Waals surface area contributed by atoms with Gasteiger partial charge in [0.1, 0.15) is 5.82 Å². The summed E-state index contributed by atoms with van der Waals surface area (Å²) in [5.41, 5.74) is 0.942. The zero-order valence-electron chi connectivity index (χ0n) is 12.9. The number of likely N-dealkylation sites (N-methyl/N-ethyl adjacent to an activating group) is 1. The quantitative estimate of drug-likeness (QED) is 0.572. The van der Waals surface area contributed by atoms with Crippen LogP contribution in [0, 0.1) is 5.82 Å². The van der Waals surface area contributed by atoms with Crippen molar-refractivity contribution >= 4 is 44.2 Å². The number of aromatic nitrogens is 2. The number of anilines is 1. The minimum absolute atomic E-state index is 0.288. The van der Waals surface area contributed by atoms with Gasteiger partial charge in [-0.05, 0) is 17.7 Å². The van der Waals surface area contributed by atoms with Gasteiger partial charge in [-0.1, -0.05) is 35.2 Å². The average molecular weight is 390 g/mol. The highest BCUT2D eigenvalue weighted by atomic mass is 32.2. The van der Waals surface area contributed by atoms with E-state index in [0.717, 1.165) is 16.1 Å². The topological polar surface area (TPSA) is 92.3 Å². The molecule has 0 aliphatic heterocycles. The van der Waals surface area contributed by atoms with E-state index in [1.54, 1.807) is 12.1 Å². The maximum absolute atomic E-state index is 12.8. The minimum Gasteiger partial charge on any atom is -0.299 e. The number of hydrogen-bond acceptors (Lipinski definition) is 7. The Hall–Kier alpha value is -1.56. The number of rotatable bonds is 7. The lowest BCUT2D eigenvalue weighted by molar-refractivity contribution is -0.116. The summed E-state index contributed by atoms with van der Waals surface area (Å²) >= 11 is 2.60. The molecule has 0 fully saturated rings. The highest BCUT2D eigenvalue weighted by Gasteiger charge is 2.16. The number of thioether (sulfide) groups is 1. The van der Waals surface area contributed by atoms with Crippen LogP contribution in [0.5, 0.6) is 0 Å². The number of amides is 1. The number of hydrogen-bond donors (Lipinski definition) is 1. The van der Waals surface area contributed by atoms with Gasteiger partial charge in [-0.2, -0.15) is 4.31 Å². The fraction of sp³-hybridized carbons (Fsp3) is 0.308. The molecule has 0 radical (unpaired) electrons. The van der Waals surface area contributed by atoms with Gasteiger partial charge < -0.3 is 0 Å². The molecular weight excluding hydrogens is 375 g/mol. The van der Waals surface area contributed by atoms with Crippen molar-refractivity contribution in [2.24, 2.45) is 0 Å². The molecule has 130 valence electrons. The first-order valence-corrected chi connectivity index (χ1v) is 10.3. The zero-order chi connectivity index (χ0) is 17.7. The van der Waals surface area contributed by atoms with Gasteiger partial charge in [0.05, 0.1) is 12.8 Å². The van der Waals surface area contributed by atoms with Crippen LogP contribution in [0.3, 0.4) is 0 Å². The second kappa shape index (κ2) is 8.01. The first kappa shape index (κ1) is 18.8. The van der Waals surface area contributed by atoms with Crippen LogP contribution in [0.25, 0.3) is 0 Å². The van der Waals surface area contributed by atoms with Crippen LogP contribution >= 0.6 is 23.1 Å². The second-order valence-corrected chi connectivity index (χ2v) is 9.14. The Morgan fingerprint density at radius 2 is 2.00 bits per heavy atom. The van der Waals surface area contributed by atoms with Crippen LogP contribution in [-0.4, -0.2) is 48.7 Å². The molecule has 2 aromatic rings. The van der Waals surface area contributed by atoms with Gasteiger partial charge >= 0.3 is 0 Å². The van der Waals surface area contributed by atoms with E-state index in [-0.39, 0.29) is 12.4 Å². The van der Waals surface area contributed by atoms with Crippen molar-refractivity contribution < 1.29 is 17.6 Å². The van der Waals surface area contributed by atoms with E-state index in [1.165, 1.54) is 42.3 Å². The fourth-order valence-electron chi connectivity index (χ4n) is 1.52. The van der Waals surface area contributed by atoms with Crippen molar-refractivity contribution in [3.05, 3.63) is 35.6 Å².